The van der Waals surface area contributed by atoms with Crippen LogP contribution in [0.3, 0.4) is 0 Å². The first kappa shape index (κ1) is 17.5. The van der Waals surface area contributed by atoms with E-state index in [0.29, 0.717) is 11.4 Å². The molecular weight excluding hydrogens is 290 g/mol. The maximum Gasteiger partial charge on any atom is 0.241 e. The minimum absolute atomic E-state index is 0.154. The highest BCUT2D eigenvalue weighted by Gasteiger charge is 2.19. The highest BCUT2D eigenvalue weighted by molar-refractivity contribution is 8.00. The van der Waals surface area contributed by atoms with E-state index in [1.54, 1.807) is 11.8 Å². The topological polar surface area (TPSA) is 46.2 Å². The normalized spacial score (nSPS) is 12.7. The summed E-state index contributed by atoms with van der Waals surface area (Å²) < 4.78 is 27.6. The SMILES string of the molecule is Cc1cc(C)c(S(=O)(=O)NCCSC(C)(C)C)c(C)c1. The predicted molar refractivity (Wildman–Crippen MR) is 88.1 cm³/mol. The van der Waals surface area contributed by atoms with Gasteiger partial charge in [0, 0.05) is 17.0 Å². The van der Waals surface area contributed by atoms with Gasteiger partial charge in [0.05, 0.1) is 4.90 Å². The summed E-state index contributed by atoms with van der Waals surface area (Å²) in [5.74, 6) is 0.771. The van der Waals surface area contributed by atoms with Gasteiger partial charge in [-0.1, -0.05) is 38.5 Å². The number of nitrogens with one attached hydrogen (secondary N) is 1. The van der Waals surface area contributed by atoms with Crippen LogP contribution in [0.4, 0.5) is 0 Å². The van der Waals surface area contributed by atoms with E-state index in [1.807, 2.05) is 32.9 Å². The Hall–Kier alpha value is -0.520. The molecule has 20 heavy (non-hydrogen) atoms. The smallest absolute Gasteiger partial charge is 0.210 e. The lowest BCUT2D eigenvalue weighted by Crippen LogP contribution is -2.28. The molecule has 5 heteroatoms. The molecule has 0 saturated carbocycles. The van der Waals surface area contributed by atoms with Crippen LogP contribution in [-0.4, -0.2) is 25.5 Å². The molecule has 0 spiro atoms. The van der Waals surface area contributed by atoms with Crippen molar-refractivity contribution in [2.75, 3.05) is 12.3 Å². The summed E-state index contributed by atoms with van der Waals surface area (Å²) in [5, 5.41) is 0. The van der Waals surface area contributed by atoms with Gasteiger partial charge < -0.3 is 0 Å². The van der Waals surface area contributed by atoms with Crippen LogP contribution in [0.25, 0.3) is 0 Å². The lowest BCUT2D eigenvalue weighted by Gasteiger charge is -2.18. The molecule has 0 unspecified atom stereocenters. The zero-order valence-electron chi connectivity index (χ0n) is 13.2. The average molecular weight is 316 g/mol. The van der Waals surface area contributed by atoms with Crippen molar-refractivity contribution in [1.29, 1.82) is 0 Å². The van der Waals surface area contributed by atoms with Gasteiger partial charge >= 0.3 is 0 Å². The zero-order valence-corrected chi connectivity index (χ0v) is 14.8. The van der Waals surface area contributed by atoms with Crippen LogP contribution in [0.15, 0.2) is 17.0 Å². The Morgan fingerprint density at radius 1 is 1.10 bits per heavy atom. The summed E-state index contributed by atoms with van der Waals surface area (Å²) in [6.45, 7) is 12.5. The summed E-state index contributed by atoms with van der Waals surface area (Å²) in [4.78, 5) is 0.420. The Labute approximate surface area is 127 Å². The number of thioether (sulfide) groups is 1. The van der Waals surface area contributed by atoms with Crippen LogP contribution in [-0.2, 0) is 10.0 Å². The molecule has 0 heterocycles. The van der Waals surface area contributed by atoms with Gasteiger partial charge in [-0.2, -0.15) is 11.8 Å². The summed E-state index contributed by atoms with van der Waals surface area (Å²) in [6.07, 6.45) is 0. The van der Waals surface area contributed by atoms with E-state index < -0.39 is 10.0 Å². The second kappa shape index (κ2) is 6.50. The molecule has 0 aliphatic heterocycles. The van der Waals surface area contributed by atoms with Crippen molar-refractivity contribution in [3.05, 3.63) is 28.8 Å². The molecule has 1 aromatic rings. The Balaban J connectivity index is 2.80. The molecular formula is C15H25NO2S2. The number of hydrogen-bond donors (Lipinski definition) is 1. The largest absolute Gasteiger partial charge is 0.241 e. The van der Waals surface area contributed by atoms with Gasteiger partial charge in [-0.15, -0.1) is 0 Å². The molecule has 0 bridgehead atoms. The monoisotopic (exact) mass is 315 g/mol. The minimum atomic E-state index is -3.42. The molecule has 1 rings (SSSR count). The van der Waals surface area contributed by atoms with E-state index >= 15 is 0 Å². The van der Waals surface area contributed by atoms with E-state index in [1.165, 1.54) is 0 Å². The van der Waals surface area contributed by atoms with Gasteiger partial charge in [-0.05, 0) is 31.9 Å². The van der Waals surface area contributed by atoms with E-state index in [0.717, 1.165) is 22.4 Å². The van der Waals surface area contributed by atoms with Crippen molar-refractivity contribution < 1.29 is 8.42 Å². The lowest BCUT2D eigenvalue weighted by molar-refractivity contribution is 0.582. The molecule has 0 amide bonds. The highest BCUT2D eigenvalue weighted by atomic mass is 32.2. The molecule has 1 aromatic carbocycles. The predicted octanol–water partition coefficient (Wildman–Crippen LogP) is 3.42. The van der Waals surface area contributed by atoms with E-state index in [4.69, 9.17) is 0 Å². The molecule has 0 fully saturated rings. The fourth-order valence-corrected chi connectivity index (χ4v) is 4.62. The summed E-state index contributed by atoms with van der Waals surface area (Å²) in [5.41, 5.74) is 2.69. The van der Waals surface area contributed by atoms with Crippen molar-refractivity contribution >= 4 is 21.8 Å². The van der Waals surface area contributed by atoms with Crippen molar-refractivity contribution in [2.24, 2.45) is 0 Å². The summed E-state index contributed by atoms with van der Waals surface area (Å²) >= 11 is 1.75. The third-order valence-corrected chi connectivity index (χ3v) is 5.84. The van der Waals surface area contributed by atoms with E-state index in [2.05, 4.69) is 25.5 Å². The Bertz CT molecular complexity index is 549. The van der Waals surface area contributed by atoms with Gasteiger partial charge in [0.15, 0.2) is 0 Å². The lowest BCUT2D eigenvalue weighted by atomic mass is 10.1. The van der Waals surface area contributed by atoms with Crippen LogP contribution < -0.4 is 4.72 Å². The van der Waals surface area contributed by atoms with Gasteiger partial charge in [-0.25, -0.2) is 13.1 Å². The zero-order chi connectivity index (χ0) is 15.6. The number of aryl methyl sites for hydroxylation is 3. The summed E-state index contributed by atoms with van der Waals surface area (Å²) in [6, 6.07) is 3.82. The first-order valence-electron chi connectivity index (χ1n) is 6.74. The van der Waals surface area contributed by atoms with Crippen LogP contribution in [0, 0.1) is 20.8 Å². The second-order valence-corrected chi connectivity index (χ2v) is 9.71. The number of rotatable bonds is 5. The van der Waals surface area contributed by atoms with Crippen molar-refractivity contribution in [1.82, 2.24) is 4.72 Å². The fourth-order valence-electron chi connectivity index (χ4n) is 2.20. The van der Waals surface area contributed by atoms with Crippen LogP contribution in [0.1, 0.15) is 37.5 Å². The Kier molecular flexibility index (Phi) is 5.70. The van der Waals surface area contributed by atoms with Gasteiger partial charge in [0.1, 0.15) is 0 Å². The minimum Gasteiger partial charge on any atom is -0.210 e. The Morgan fingerprint density at radius 2 is 1.60 bits per heavy atom. The summed E-state index contributed by atoms with van der Waals surface area (Å²) in [7, 11) is -3.42. The fraction of sp³-hybridized carbons (Fsp3) is 0.600. The molecule has 0 radical (unpaired) electrons. The van der Waals surface area contributed by atoms with Crippen molar-refractivity contribution in [2.45, 2.75) is 51.2 Å². The maximum absolute atomic E-state index is 12.4. The van der Waals surface area contributed by atoms with Crippen LogP contribution in [0.5, 0.6) is 0 Å². The highest BCUT2D eigenvalue weighted by Crippen LogP contribution is 2.23. The molecule has 0 saturated heterocycles. The van der Waals surface area contributed by atoms with Crippen molar-refractivity contribution in [3.63, 3.8) is 0 Å². The first-order valence-corrected chi connectivity index (χ1v) is 9.21. The quantitative estimate of drug-likeness (QED) is 0.847. The number of sulfonamides is 1. The molecule has 0 aliphatic carbocycles. The third-order valence-electron chi connectivity index (χ3n) is 2.80. The molecule has 0 aliphatic rings. The molecule has 3 nitrogen and oxygen atoms in total. The maximum atomic E-state index is 12.4. The van der Waals surface area contributed by atoms with Gasteiger partial charge in [0.2, 0.25) is 10.0 Å². The molecule has 114 valence electrons. The van der Waals surface area contributed by atoms with Crippen LogP contribution >= 0.6 is 11.8 Å². The molecule has 0 atom stereocenters. The first-order chi connectivity index (χ1) is 9.03. The van der Waals surface area contributed by atoms with E-state index in [9.17, 15) is 8.42 Å². The Morgan fingerprint density at radius 3 is 2.05 bits per heavy atom. The van der Waals surface area contributed by atoms with E-state index in [-0.39, 0.29) is 4.75 Å². The standard InChI is InChI=1S/C15H25NO2S2/c1-11-9-12(2)14(13(3)10-11)20(17,18)16-7-8-19-15(4,5)6/h9-10,16H,7-8H2,1-6H3. The average Bonchev–Trinajstić information content (AvgIpc) is 2.21. The third kappa shape index (κ3) is 5.11. The second-order valence-electron chi connectivity index (χ2n) is 6.09. The number of benzene rings is 1. The molecule has 0 aromatic heterocycles. The van der Waals surface area contributed by atoms with Gasteiger partial charge in [0.25, 0.3) is 0 Å². The van der Waals surface area contributed by atoms with Crippen LogP contribution in [0.2, 0.25) is 0 Å². The van der Waals surface area contributed by atoms with Gasteiger partial charge in [-0.3, -0.25) is 0 Å². The van der Waals surface area contributed by atoms with Crippen molar-refractivity contribution in [3.8, 4) is 0 Å². The molecule has 1 N–H and O–H groups in total. The number of hydrogen-bond acceptors (Lipinski definition) is 3.